The van der Waals surface area contributed by atoms with Crippen LogP contribution in [0.3, 0.4) is 0 Å². The molecule has 0 aliphatic rings. The fourth-order valence-corrected chi connectivity index (χ4v) is 2.74. The van der Waals surface area contributed by atoms with Crippen LogP contribution in [-0.4, -0.2) is 32.4 Å². The maximum Gasteiger partial charge on any atom is 0.277 e. The molecule has 0 atom stereocenters. The zero-order valence-electron chi connectivity index (χ0n) is 17.7. The zero-order chi connectivity index (χ0) is 21.6. The van der Waals surface area contributed by atoms with Crippen LogP contribution in [0.2, 0.25) is 0 Å². The Morgan fingerprint density at radius 1 is 1.10 bits per heavy atom. The predicted molar refractivity (Wildman–Crippen MR) is 120 cm³/mol. The summed E-state index contributed by atoms with van der Waals surface area (Å²) in [5.74, 6) is 1.64. The first-order valence-corrected chi connectivity index (χ1v) is 10.1. The number of benzene rings is 2. The molecule has 0 heterocycles. The van der Waals surface area contributed by atoms with E-state index in [1.807, 2.05) is 42.5 Å². The van der Waals surface area contributed by atoms with E-state index in [1.165, 1.54) is 0 Å². The third-order valence-corrected chi connectivity index (χ3v) is 4.29. The van der Waals surface area contributed by atoms with Gasteiger partial charge in [0.15, 0.2) is 18.1 Å². The lowest BCUT2D eigenvalue weighted by molar-refractivity contribution is -0.123. The quantitative estimate of drug-likeness (QED) is 0.228. The number of carbonyl (C=O) groups excluding carboxylic acids is 1. The number of hydrogen-bond donors (Lipinski definition) is 1. The summed E-state index contributed by atoms with van der Waals surface area (Å²) in [4.78, 5) is 12.0. The highest BCUT2D eigenvalue weighted by atomic mass is 16.5. The Morgan fingerprint density at radius 3 is 2.70 bits per heavy atom. The SMILES string of the molecule is C=CCc1ccccc1OCC(=O)N/N=C/c1ccc(OCCCCC)c(OC)c1. The van der Waals surface area contributed by atoms with Crippen molar-refractivity contribution in [3.8, 4) is 17.2 Å². The minimum absolute atomic E-state index is 0.126. The molecular weight excluding hydrogens is 380 g/mol. The maximum absolute atomic E-state index is 12.0. The van der Waals surface area contributed by atoms with Gasteiger partial charge in [0, 0.05) is 0 Å². The molecule has 0 aliphatic heterocycles. The summed E-state index contributed by atoms with van der Waals surface area (Å²) in [6.45, 7) is 6.42. The predicted octanol–water partition coefficient (Wildman–Crippen LogP) is 4.52. The van der Waals surface area contributed by atoms with Crippen LogP contribution in [0.1, 0.15) is 37.3 Å². The second-order valence-electron chi connectivity index (χ2n) is 6.65. The number of allylic oxidation sites excluding steroid dienone is 1. The third kappa shape index (κ3) is 7.62. The van der Waals surface area contributed by atoms with E-state index in [9.17, 15) is 4.79 Å². The number of nitrogens with zero attached hydrogens (tertiary/aromatic N) is 1. The summed E-state index contributed by atoms with van der Waals surface area (Å²) in [6, 6.07) is 13.1. The number of unbranched alkanes of at least 4 members (excludes halogenated alkanes) is 2. The van der Waals surface area contributed by atoms with E-state index in [0.29, 0.717) is 30.3 Å². The molecule has 0 fully saturated rings. The molecular formula is C24H30N2O4. The number of ether oxygens (including phenoxy) is 3. The molecule has 0 aliphatic carbocycles. The average Bonchev–Trinajstić information content (AvgIpc) is 2.77. The molecule has 30 heavy (non-hydrogen) atoms. The summed E-state index contributed by atoms with van der Waals surface area (Å²) >= 11 is 0. The number of amides is 1. The van der Waals surface area contributed by atoms with Crippen LogP contribution in [0, 0.1) is 0 Å². The number of para-hydroxylation sites is 1. The Morgan fingerprint density at radius 2 is 1.93 bits per heavy atom. The number of nitrogens with one attached hydrogen (secondary N) is 1. The second kappa shape index (κ2) is 13.0. The molecule has 0 bridgehead atoms. The molecule has 160 valence electrons. The van der Waals surface area contributed by atoms with Crippen molar-refractivity contribution in [1.82, 2.24) is 5.43 Å². The second-order valence-corrected chi connectivity index (χ2v) is 6.65. The lowest BCUT2D eigenvalue weighted by Gasteiger charge is -2.11. The largest absolute Gasteiger partial charge is 0.493 e. The standard InChI is InChI=1S/C24H30N2O4/c1-4-6-9-15-29-22-14-13-19(16-23(22)28-3)17-25-26-24(27)18-30-21-12-8-7-11-20(21)10-5-2/h5,7-8,11-14,16-17H,2,4,6,9-10,15,18H2,1,3H3,(H,26,27)/b25-17+. The highest BCUT2D eigenvalue weighted by Gasteiger charge is 2.07. The Kier molecular flexibility index (Phi) is 10.00. The highest BCUT2D eigenvalue weighted by Crippen LogP contribution is 2.27. The Bertz CT molecular complexity index is 849. The summed E-state index contributed by atoms with van der Waals surface area (Å²) in [6.07, 6.45) is 7.31. The molecule has 1 N–H and O–H groups in total. The molecule has 0 saturated heterocycles. The summed E-state index contributed by atoms with van der Waals surface area (Å²) in [5, 5.41) is 3.99. The van der Waals surface area contributed by atoms with Crippen molar-refractivity contribution in [2.24, 2.45) is 5.10 Å². The average molecular weight is 411 g/mol. The number of rotatable bonds is 13. The normalized spacial score (nSPS) is 10.6. The molecule has 2 aromatic rings. The molecule has 6 nitrogen and oxygen atoms in total. The van der Waals surface area contributed by atoms with Crippen molar-refractivity contribution >= 4 is 12.1 Å². The molecule has 0 saturated carbocycles. The van der Waals surface area contributed by atoms with E-state index in [4.69, 9.17) is 14.2 Å². The van der Waals surface area contributed by atoms with Gasteiger partial charge in [0.25, 0.3) is 5.91 Å². The van der Waals surface area contributed by atoms with Gasteiger partial charge in [0.05, 0.1) is 19.9 Å². The topological polar surface area (TPSA) is 69.2 Å². The fraction of sp³-hybridized carbons (Fsp3) is 0.333. The van der Waals surface area contributed by atoms with Gasteiger partial charge >= 0.3 is 0 Å². The van der Waals surface area contributed by atoms with Gasteiger partial charge in [-0.2, -0.15) is 5.10 Å². The van der Waals surface area contributed by atoms with Crippen LogP contribution >= 0.6 is 0 Å². The van der Waals surface area contributed by atoms with Gasteiger partial charge in [-0.15, -0.1) is 6.58 Å². The Labute approximate surface area is 178 Å². The first kappa shape index (κ1) is 23.0. The van der Waals surface area contributed by atoms with Gasteiger partial charge in [-0.05, 0) is 48.2 Å². The molecule has 1 amide bonds. The van der Waals surface area contributed by atoms with E-state index >= 15 is 0 Å². The first-order valence-electron chi connectivity index (χ1n) is 10.1. The molecule has 0 radical (unpaired) electrons. The van der Waals surface area contributed by atoms with Crippen LogP contribution in [-0.2, 0) is 11.2 Å². The fourth-order valence-electron chi connectivity index (χ4n) is 2.74. The lowest BCUT2D eigenvalue weighted by atomic mass is 10.1. The summed E-state index contributed by atoms with van der Waals surface area (Å²) in [7, 11) is 1.60. The maximum atomic E-state index is 12.0. The number of hydrogen-bond acceptors (Lipinski definition) is 5. The first-order chi connectivity index (χ1) is 14.7. The van der Waals surface area contributed by atoms with Crippen molar-refractivity contribution in [3.63, 3.8) is 0 Å². The monoisotopic (exact) mass is 410 g/mol. The number of hydrazone groups is 1. The van der Waals surface area contributed by atoms with Crippen molar-refractivity contribution in [1.29, 1.82) is 0 Å². The van der Waals surface area contributed by atoms with Gasteiger partial charge in [-0.3, -0.25) is 4.79 Å². The van der Waals surface area contributed by atoms with Crippen LogP contribution in [0.4, 0.5) is 0 Å². The molecule has 0 unspecified atom stereocenters. The highest BCUT2D eigenvalue weighted by molar-refractivity contribution is 5.83. The Balaban J connectivity index is 1.85. The molecule has 0 aromatic heterocycles. The van der Waals surface area contributed by atoms with E-state index in [-0.39, 0.29) is 12.5 Å². The smallest absolute Gasteiger partial charge is 0.277 e. The van der Waals surface area contributed by atoms with Crippen LogP contribution < -0.4 is 19.6 Å². The van der Waals surface area contributed by atoms with E-state index in [1.54, 1.807) is 19.4 Å². The van der Waals surface area contributed by atoms with E-state index in [2.05, 4.69) is 24.0 Å². The lowest BCUT2D eigenvalue weighted by Crippen LogP contribution is -2.24. The van der Waals surface area contributed by atoms with Gasteiger partial charge in [-0.25, -0.2) is 5.43 Å². The van der Waals surface area contributed by atoms with Gasteiger partial charge in [0.2, 0.25) is 0 Å². The van der Waals surface area contributed by atoms with Gasteiger partial charge in [-0.1, -0.05) is 44.0 Å². The molecule has 0 spiro atoms. The van der Waals surface area contributed by atoms with Crippen molar-refractivity contribution in [2.75, 3.05) is 20.3 Å². The van der Waals surface area contributed by atoms with E-state index in [0.717, 1.165) is 30.4 Å². The molecule has 2 rings (SSSR count). The number of methoxy groups -OCH3 is 1. The molecule has 6 heteroatoms. The van der Waals surface area contributed by atoms with Gasteiger partial charge < -0.3 is 14.2 Å². The summed E-state index contributed by atoms with van der Waals surface area (Å²) < 4.78 is 16.7. The number of carbonyl (C=O) groups is 1. The minimum atomic E-state index is -0.345. The van der Waals surface area contributed by atoms with Crippen molar-refractivity contribution in [3.05, 3.63) is 66.2 Å². The van der Waals surface area contributed by atoms with Crippen molar-refractivity contribution < 1.29 is 19.0 Å². The van der Waals surface area contributed by atoms with Crippen molar-refractivity contribution in [2.45, 2.75) is 32.6 Å². The summed E-state index contributed by atoms with van der Waals surface area (Å²) in [5.41, 5.74) is 4.23. The van der Waals surface area contributed by atoms with Crippen LogP contribution in [0.25, 0.3) is 0 Å². The zero-order valence-corrected chi connectivity index (χ0v) is 17.7. The van der Waals surface area contributed by atoms with E-state index < -0.39 is 0 Å². The minimum Gasteiger partial charge on any atom is -0.493 e. The molecule has 2 aromatic carbocycles. The van der Waals surface area contributed by atoms with Crippen LogP contribution in [0.15, 0.2) is 60.2 Å². The third-order valence-electron chi connectivity index (χ3n) is 4.29. The Hall–Kier alpha value is -3.28. The van der Waals surface area contributed by atoms with Gasteiger partial charge in [0.1, 0.15) is 5.75 Å². The van der Waals surface area contributed by atoms with Crippen LogP contribution in [0.5, 0.6) is 17.2 Å².